The van der Waals surface area contributed by atoms with E-state index in [1.54, 1.807) is 26.1 Å². The molecule has 1 N–H and O–H groups in total. The fourth-order valence-corrected chi connectivity index (χ4v) is 3.00. The monoisotopic (exact) mass is 405 g/mol. The van der Waals surface area contributed by atoms with E-state index in [2.05, 4.69) is 15.2 Å². The summed E-state index contributed by atoms with van der Waals surface area (Å²) in [5.41, 5.74) is 1.15. The first-order valence-corrected chi connectivity index (χ1v) is 10.1. The minimum atomic E-state index is -0.0181. The zero-order valence-corrected chi connectivity index (χ0v) is 18.2. The van der Waals surface area contributed by atoms with Gasteiger partial charge in [-0.05, 0) is 30.7 Å². The summed E-state index contributed by atoms with van der Waals surface area (Å²) in [6.45, 7) is 6.28. The fourth-order valence-electron chi connectivity index (χ4n) is 3.00. The highest BCUT2D eigenvalue weighted by molar-refractivity contribution is 5.84. The van der Waals surface area contributed by atoms with Crippen molar-refractivity contribution in [2.75, 3.05) is 74.2 Å². The maximum Gasteiger partial charge on any atom is 0.243 e. The summed E-state index contributed by atoms with van der Waals surface area (Å²) in [4.78, 5) is 22.5. The number of morpholine rings is 1. The highest BCUT2D eigenvalue weighted by Gasteiger charge is 2.12. The average molecular weight is 406 g/mol. The Labute approximate surface area is 174 Å². The highest BCUT2D eigenvalue weighted by Crippen LogP contribution is 2.12. The van der Waals surface area contributed by atoms with Crippen molar-refractivity contribution in [3.05, 3.63) is 29.8 Å². The highest BCUT2D eigenvalue weighted by atomic mass is 16.5. The van der Waals surface area contributed by atoms with Crippen LogP contribution in [0.2, 0.25) is 0 Å². The summed E-state index contributed by atoms with van der Waals surface area (Å²) < 4.78 is 10.6. The molecule has 162 valence electrons. The average Bonchev–Trinajstić information content (AvgIpc) is 2.74. The van der Waals surface area contributed by atoms with E-state index in [9.17, 15) is 4.79 Å². The van der Waals surface area contributed by atoms with E-state index >= 15 is 0 Å². The number of carbonyl (C=O) groups excluding carboxylic acids is 1. The van der Waals surface area contributed by atoms with Crippen LogP contribution in [0.15, 0.2) is 29.3 Å². The maximum absolute atomic E-state index is 12.0. The summed E-state index contributed by atoms with van der Waals surface area (Å²) in [5.74, 6) is 1.55. The number of guanidine groups is 1. The Bertz CT molecular complexity index is 642. The fraction of sp³-hybridized carbons (Fsp3) is 0.619. The van der Waals surface area contributed by atoms with Gasteiger partial charge in [0.05, 0.1) is 20.3 Å². The third-order valence-corrected chi connectivity index (χ3v) is 4.84. The van der Waals surface area contributed by atoms with Gasteiger partial charge in [-0.15, -0.1) is 0 Å². The third-order valence-electron chi connectivity index (χ3n) is 4.84. The molecule has 1 fully saturated rings. The van der Waals surface area contributed by atoms with Crippen molar-refractivity contribution in [1.82, 2.24) is 20.0 Å². The molecule has 0 aromatic heterocycles. The van der Waals surface area contributed by atoms with E-state index in [4.69, 9.17) is 9.47 Å². The molecule has 1 amide bonds. The third kappa shape index (κ3) is 8.29. The molecule has 1 aliphatic rings. The molecule has 8 heteroatoms. The van der Waals surface area contributed by atoms with Crippen molar-refractivity contribution in [2.45, 2.75) is 13.0 Å². The van der Waals surface area contributed by atoms with Gasteiger partial charge < -0.3 is 24.6 Å². The van der Waals surface area contributed by atoms with Crippen LogP contribution in [0.25, 0.3) is 0 Å². The Hall–Kier alpha value is -2.32. The predicted molar refractivity (Wildman–Crippen MR) is 115 cm³/mol. The normalized spacial score (nSPS) is 15.1. The molecular formula is C21H35N5O3. The lowest BCUT2D eigenvalue weighted by Gasteiger charge is -2.27. The number of benzene rings is 1. The van der Waals surface area contributed by atoms with Gasteiger partial charge in [-0.25, -0.2) is 4.99 Å². The number of carbonyl (C=O) groups is 1. The summed E-state index contributed by atoms with van der Waals surface area (Å²) >= 11 is 0. The number of rotatable bonds is 9. The number of hydrogen-bond acceptors (Lipinski definition) is 5. The van der Waals surface area contributed by atoms with Crippen LogP contribution < -0.4 is 10.1 Å². The van der Waals surface area contributed by atoms with Gasteiger partial charge in [0, 0.05) is 47.3 Å². The van der Waals surface area contributed by atoms with E-state index in [0.29, 0.717) is 6.54 Å². The first kappa shape index (κ1) is 23.0. The molecule has 1 aromatic carbocycles. The summed E-state index contributed by atoms with van der Waals surface area (Å²) in [6.07, 6.45) is 1.01. The Kier molecular flexibility index (Phi) is 9.73. The van der Waals surface area contributed by atoms with Crippen LogP contribution in [0, 0.1) is 0 Å². The molecule has 1 aromatic rings. The molecule has 0 saturated carbocycles. The first-order chi connectivity index (χ1) is 14.0. The van der Waals surface area contributed by atoms with Gasteiger partial charge in [-0.3, -0.25) is 9.69 Å². The van der Waals surface area contributed by atoms with Crippen molar-refractivity contribution < 1.29 is 14.3 Å². The minimum absolute atomic E-state index is 0.0181. The van der Waals surface area contributed by atoms with Gasteiger partial charge in [-0.2, -0.15) is 0 Å². The number of amides is 1. The Morgan fingerprint density at radius 1 is 1.21 bits per heavy atom. The second-order valence-corrected chi connectivity index (χ2v) is 7.37. The molecule has 2 rings (SSSR count). The Balaban J connectivity index is 1.91. The molecule has 0 unspecified atom stereocenters. The number of nitrogens with one attached hydrogen (secondary N) is 1. The molecule has 0 spiro atoms. The predicted octanol–water partition coefficient (Wildman–Crippen LogP) is 0.883. The van der Waals surface area contributed by atoms with Crippen LogP contribution in [0.3, 0.4) is 0 Å². The van der Waals surface area contributed by atoms with Crippen molar-refractivity contribution in [3.8, 4) is 5.75 Å². The second kappa shape index (κ2) is 12.3. The van der Waals surface area contributed by atoms with Crippen LogP contribution in [0.1, 0.15) is 12.0 Å². The number of hydrogen-bond donors (Lipinski definition) is 1. The Morgan fingerprint density at radius 2 is 1.90 bits per heavy atom. The molecular weight excluding hydrogens is 370 g/mol. The van der Waals surface area contributed by atoms with Crippen LogP contribution in [0.5, 0.6) is 5.75 Å². The first-order valence-electron chi connectivity index (χ1n) is 10.1. The van der Waals surface area contributed by atoms with Crippen LogP contribution in [-0.2, 0) is 16.1 Å². The lowest BCUT2D eigenvalue weighted by Crippen LogP contribution is -2.42. The second-order valence-electron chi connectivity index (χ2n) is 7.37. The van der Waals surface area contributed by atoms with Crippen molar-refractivity contribution >= 4 is 11.9 Å². The summed E-state index contributed by atoms with van der Waals surface area (Å²) in [7, 11) is 7.13. The SMILES string of the molecule is COc1ccc(CN(C)C(=NCC(=O)N(C)C)NCCCN2CCOCC2)cc1. The van der Waals surface area contributed by atoms with E-state index in [0.717, 1.165) is 63.1 Å². The van der Waals surface area contributed by atoms with Crippen LogP contribution in [0.4, 0.5) is 0 Å². The lowest BCUT2D eigenvalue weighted by atomic mass is 10.2. The molecule has 1 saturated heterocycles. The van der Waals surface area contributed by atoms with Gasteiger partial charge in [-0.1, -0.05) is 12.1 Å². The quantitative estimate of drug-likeness (QED) is 0.374. The number of likely N-dealkylation sites (N-methyl/N-ethyl adjacent to an activating group) is 1. The lowest BCUT2D eigenvalue weighted by molar-refractivity contribution is -0.127. The molecule has 0 bridgehead atoms. The van der Waals surface area contributed by atoms with Gasteiger partial charge in [0.25, 0.3) is 0 Å². The smallest absolute Gasteiger partial charge is 0.243 e. The molecule has 1 heterocycles. The largest absolute Gasteiger partial charge is 0.497 e. The van der Waals surface area contributed by atoms with E-state index in [1.807, 2.05) is 36.2 Å². The standard InChI is InChI=1S/C21H35N5O3/c1-24(2)20(27)16-23-21(22-10-5-11-26-12-14-29-15-13-26)25(3)17-18-6-8-19(28-4)9-7-18/h6-9H,5,10-17H2,1-4H3,(H,22,23). The van der Waals surface area contributed by atoms with Crippen molar-refractivity contribution in [1.29, 1.82) is 0 Å². The van der Waals surface area contributed by atoms with Gasteiger partial charge in [0.15, 0.2) is 5.96 Å². The van der Waals surface area contributed by atoms with Crippen molar-refractivity contribution in [2.24, 2.45) is 4.99 Å². The zero-order chi connectivity index (χ0) is 21.1. The van der Waals surface area contributed by atoms with Gasteiger partial charge in [0.2, 0.25) is 5.91 Å². The topological polar surface area (TPSA) is 69.6 Å². The van der Waals surface area contributed by atoms with Gasteiger partial charge in [0.1, 0.15) is 12.3 Å². The van der Waals surface area contributed by atoms with E-state index < -0.39 is 0 Å². The maximum atomic E-state index is 12.0. The molecule has 0 atom stereocenters. The van der Waals surface area contributed by atoms with Crippen LogP contribution in [-0.4, -0.2) is 101 Å². The molecule has 8 nitrogen and oxygen atoms in total. The summed E-state index contributed by atoms with van der Waals surface area (Å²) in [5, 5.41) is 3.42. The molecule has 0 radical (unpaired) electrons. The molecule has 0 aliphatic carbocycles. The Morgan fingerprint density at radius 3 is 2.52 bits per heavy atom. The molecule has 1 aliphatic heterocycles. The zero-order valence-electron chi connectivity index (χ0n) is 18.2. The molecule has 29 heavy (non-hydrogen) atoms. The van der Waals surface area contributed by atoms with Gasteiger partial charge >= 0.3 is 0 Å². The number of nitrogens with zero attached hydrogens (tertiary/aromatic N) is 4. The summed E-state index contributed by atoms with van der Waals surface area (Å²) in [6, 6.07) is 7.98. The minimum Gasteiger partial charge on any atom is -0.497 e. The van der Waals surface area contributed by atoms with E-state index in [-0.39, 0.29) is 12.5 Å². The van der Waals surface area contributed by atoms with Crippen molar-refractivity contribution in [3.63, 3.8) is 0 Å². The number of methoxy groups -OCH3 is 1. The number of aliphatic imine (C=N–C) groups is 1. The number of ether oxygens (including phenoxy) is 2. The van der Waals surface area contributed by atoms with E-state index in [1.165, 1.54) is 0 Å². The van der Waals surface area contributed by atoms with Crippen LogP contribution >= 0.6 is 0 Å².